The number of allylic oxidation sites excluding steroid dienone is 1. The highest BCUT2D eigenvalue weighted by molar-refractivity contribution is 8.18. The number of amidine groups is 1. The maximum atomic E-state index is 14.2. The zero-order valence-corrected chi connectivity index (χ0v) is 21.1. The second-order valence-electron chi connectivity index (χ2n) is 9.94. The van der Waals surface area contributed by atoms with E-state index in [9.17, 15) is 18.0 Å². The molecular formula is C27H26F3N5OS. The predicted molar refractivity (Wildman–Crippen MR) is 139 cm³/mol. The summed E-state index contributed by atoms with van der Waals surface area (Å²) >= 11 is 1.27. The second kappa shape index (κ2) is 9.33. The van der Waals surface area contributed by atoms with Gasteiger partial charge in [0.1, 0.15) is 0 Å². The van der Waals surface area contributed by atoms with E-state index >= 15 is 0 Å². The number of rotatable bonds is 4. The molecule has 2 aromatic carbocycles. The fraction of sp³-hybridized carbons (Fsp3) is 0.370. The van der Waals surface area contributed by atoms with Gasteiger partial charge in [-0.15, -0.1) is 0 Å². The van der Waals surface area contributed by atoms with E-state index in [0.29, 0.717) is 21.2 Å². The molecule has 3 heterocycles. The SMILES string of the molecule is CN1CCN(C2=NC(=O)C(=C(Cc3ccc(C4CC4)cc3C(F)(F)F)c3ccc4[nH]ncc4c3)S2)CC1. The smallest absolute Gasteiger partial charge is 0.348 e. The molecule has 0 spiro atoms. The van der Waals surface area contributed by atoms with E-state index in [4.69, 9.17) is 0 Å². The number of benzene rings is 2. The van der Waals surface area contributed by atoms with Gasteiger partial charge < -0.3 is 9.80 Å². The number of likely N-dealkylation sites (N-methyl/N-ethyl adjacent to an activating group) is 1. The van der Waals surface area contributed by atoms with Crippen LogP contribution in [0.2, 0.25) is 0 Å². The van der Waals surface area contributed by atoms with Crippen molar-refractivity contribution in [2.75, 3.05) is 33.2 Å². The summed E-state index contributed by atoms with van der Waals surface area (Å²) in [5.41, 5.74) is 2.33. The van der Waals surface area contributed by atoms with Crippen LogP contribution in [-0.2, 0) is 17.4 Å². The quantitative estimate of drug-likeness (QED) is 0.469. The first-order chi connectivity index (χ1) is 17.8. The van der Waals surface area contributed by atoms with Crippen LogP contribution in [0.15, 0.2) is 52.5 Å². The Labute approximate surface area is 216 Å². The molecule has 0 unspecified atom stereocenters. The monoisotopic (exact) mass is 525 g/mol. The number of aromatic nitrogens is 2. The van der Waals surface area contributed by atoms with Gasteiger partial charge >= 0.3 is 6.18 Å². The highest BCUT2D eigenvalue weighted by atomic mass is 32.2. The average Bonchev–Trinajstić information content (AvgIpc) is 3.49. The summed E-state index contributed by atoms with van der Waals surface area (Å²) in [5, 5.41) is 8.41. The maximum absolute atomic E-state index is 14.2. The van der Waals surface area contributed by atoms with Crippen LogP contribution in [0.25, 0.3) is 16.5 Å². The standard InChI is InChI=1S/C27H26F3N5OS/c1-34-8-10-35(11-9-34)26-32-25(36)24(37-26)21(18-6-7-23-20(12-18)15-31-33-23)13-19-5-4-17(16-2-3-16)14-22(19)27(28,29)30/h4-7,12,14-16H,2-3,8-11,13H2,1H3,(H,31,33). The predicted octanol–water partition coefficient (Wildman–Crippen LogP) is 5.29. The van der Waals surface area contributed by atoms with Crippen molar-refractivity contribution in [1.29, 1.82) is 0 Å². The largest absolute Gasteiger partial charge is 0.416 e. The molecule has 2 fully saturated rings. The number of nitrogens with zero attached hydrogens (tertiary/aromatic N) is 4. The Morgan fingerprint density at radius 1 is 1.11 bits per heavy atom. The molecule has 0 bridgehead atoms. The zero-order chi connectivity index (χ0) is 25.7. The minimum atomic E-state index is -4.49. The highest BCUT2D eigenvalue weighted by Gasteiger charge is 2.37. The van der Waals surface area contributed by atoms with Gasteiger partial charge in [0.25, 0.3) is 5.91 Å². The Morgan fingerprint density at radius 2 is 1.89 bits per heavy atom. The van der Waals surface area contributed by atoms with Crippen LogP contribution in [0.5, 0.6) is 0 Å². The van der Waals surface area contributed by atoms with Crippen molar-refractivity contribution >= 4 is 39.3 Å². The molecule has 2 aliphatic heterocycles. The van der Waals surface area contributed by atoms with E-state index in [1.807, 2.05) is 25.2 Å². The molecule has 192 valence electrons. The number of hydrogen-bond donors (Lipinski definition) is 1. The molecular weight excluding hydrogens is 499 g/mol. The lowest BCUT2D eigenvalue weighted by molar-refractivity contribution is -0.138. The summed E-state index contributed by atoms with van der Waals surface area (Å²) in [7, 11) is 2.05. The summed E-state index contributed by atoms with van der Waals surface area (Å²) in [4.78, 5) is 22.2. The van der Waals surface area contributed by atoms with Crippen LogP contribution in [0, 0.1) is 0 Å². The summed E-state index contributed by atoms with van der Waals surface area (Å²) in [5.74, 6) is -0.188. The molecule has 1 saturated heterocycles. The first-order valence-corrected chi connectivity index (χ1v) is 13.2. The molecule has 6 rings (SSSR count). The number of hydrogen-bond acceptors (Lipinski definition) is 5. The summed E-state index contributed by atoms with van der Waals surface area (Å²) in [6, 6.07) is 10.2. The second-order valence-corrected chi connectivity index (χ2v) is 10.9. The molecule has 0 atom stereocenters. The number of H-pyrrole nitrogens is 1. The Morgan fingerprint density at radius 3 is 2.62 bits per heavy atom. The molecule has 1 saturated carbocycles. The van der Waals surface area contributed by atoms with Gasteiger partial charge in [0.2, 0.25) is 0 Å². The van der Waals surface area contributed by atoms with E-state index in [1.165, 1.54) is 17.8 Å². The topological polar surface area (TPSA) is 64.6 Å². The molecule has 1 N–H and O–H groups in total. The Balaban J connectivity index is 1.41. The van der Waals surface area contributed by atoms with Gasteiger partial charge in [0.15, 0.2) is 5.17 Å². The number of aromatic amines is 1. The lowest BCUT2D eigenvalue weighted by Crippen LogP contribution is -2.46. The maximum Gasteiger partial charge on any atom is 0.416 e. The van der Waals surface area contributed by atoms with Crippen LogP contribution in [0.1, 0.15) is 41.0 Å². The highest BCUT2D eigenvalue weighted by Crippen LogP contribution is 2.44. The fourth-order valence-electron chi connectivity index (χ4n) is 4.94. The number of aliphatic imine (C=N–C) groups is 1. The number of nitrogens with one attached hydrogen (secondary N) is 1. The number of piperazine rings is 1. The third kappa shape index (κ3) is 4.92. The van der Waals surface area contributed by atoms with Crippen LogP contribution in [0.3, 0.4) is 0 Å². The normalized spacial score (nSPS) is 20.6. The number of carbonyl (C=O) groups is 1. The van der Waals surface area contributed by atoms with Crippen molar-refractivity contribution in [2.24, 2.45) is 4.99 Å². The molecule has 1 aromatic heterocycles. The average molecular weight is 526 g/mol. The lowest BCUT2D eigenvalue weighted by Gasteiger charge is -2.33. The van der Waals surface area contributed by atoms with Gasteiger partial charge in [-0.3, -0.25) is 9.89 Å². The number of carbonyl (C=O) groups excluding carboxylic acids is 1. The van der Waals surface area contributed by atoms with E-state index in [-0.39, 0.29) is 17.9 Å². The van der Waals surface area contributed by atoms with Crippen LogP contribution < -0.4 is 0 Å². The third-order valence-corrected chi connectivity index (χ3v) is 8.43. The first kappa shape index (κ1) is 24.2. The number of alkyl halides is 3. The van der Waals surface area contributed by atoms with Crippen LogP contribution in [-0.4, -0.2) is 64.3 Å². The molecule has 37 heavy (non-hydrogen) atoms. The first-order valence-electron chi connectivity index (χ1n) is 12.4. The minimum absolute atomic E-state index is 0.0250. The van der Waals surface area contributed by atoms with Crippen molar-refractivity contribution in [3.63, 3.8) is 0 Å². The molecule has 10 heteroatoms. The van der Waals surface area contributed by atoms with E-state index in [1.54, 1.807) is 18.3 Å². The van der Waals surface area contributed by atoms with Crippen LogP contribution in [0.4, 0.5) is 13.2 Å². The Hall–Kier alpha value is -3.11. The summed E-state index contributed by atoms with van der Waals surface area (Å²) in [6.45, 7) is 3.22. The van der Waals surface area contributed by atoms with E-state index in [2.05, 4.69) is 25.0 Å². The number of amides is 1. The third-order valence-electron chi connectivity index (χ3n) is 7.28. The van der Waals surface area contributed by atoms with Crippen molar-refractivity contribution in [1.82, 2.24) is 20.0 Å². The minimum Gasteiger partial charge on any atom is -0.348 e. The summed E-state index contributed by atoms with van der Waals surface area (Å²) < 4.78 is 42.6. The van der Waals surface area contributed by atoms with Gasteiger partial charge in [0.05, 0.1) is 22.2 Å². The van der Waals surface area contributed by atoms with Crippen molar-refractivity contribution in [3.05, 3.63) is 69.8 Å². The number of thioether (sulfide) groups is 1. The number of fused-ring (bicyclic) bond motifs is 1. The molecule has 0 radical (unpaired) electrons. The lowest BCUT2D eigenvalue weighted by atomic mass is 9.92. The van der Waals surface area contributed by atoms with Gasteiger partial charge in [0, 0.05) is 31.6 Å². The summed E-state index contributed by atoms with van der Waals surface area (Å²) in [6.07, 6.45) is -0.994. The Bertz CT molecular complexity index is 1430. The van der Waals surface area contributed by atoms with E-state index in [0.717, 1.165) is 55.5 Å². The van der Waals surface area contributed by atoms with Crippen molar-refractivity contribution < 1.29 is 18.0 Å². The molecule has 6 nitrogen and oxygen atoms in total. The zero-order valence-electron chi connectivity index (χ0n) is 20.3. The van der Waals surface area contributed by atoms with Gasteiger partial charge in [-0.25, -0.2) is 0 Å². The van der Waals surface area contributed by atoms with Crippen molar-refractivity contribution in [3.8, 4) is 0 Å². The van der Waals surface area contributed by atoms with E-state index < -0.39 is 17.6 Å². The molecule has 3 aromatic rings. The number of halogens is 3. The Kier molecular flexibility index (Phi) is 6.11. The molecule has 1 aliphatic carbocycles. The fourth-order valence-corrected chi connectivity index (χ4v) is 6.01. The van der Waals surface area contributed by atoms with Crippen molar-refractivity contribution in [2.45, 2.75) is 31.4 Å². The molecule has 3 aliphatic rings. The molecule has 1 amide bonds. The van der Waals surface area contributed by atoms with Gasteiger partial charge in [-0.2, -0.15) is 23.3 Å². The van der Waals surface area contributed by atoms with Gasteiger partial charge in [-0.1, -0.05) is 18.2 Å². The van der Waals surface area contributed by atoms with Crippen LogP contribution >= 0.6 is 11.8 Å². The van der Waals surface area contributed by atoms with Gasteiger partial charge in [-0.05, 0) is 84.5 Å².